The summed E-state index contributed by atoms with van der Waals surface area (Å²) in [6, 6.07) is 13.4. The van der Waals surface area contributed by atoms with Crippen LogP contribution in [0.4, 0.5) is 5.69 Å². The van der Waals surface area contributed by atoms with Crippen molar-refractivity contribution in [3.63, 3.8) is 0 Å². The van der Waals surface area contributed by atoms with E-state index in [1.54, 1.807) is 42.5 Å². The van der Waals surface area contributed by atoms with E-state index in [1.165, 1.54) is 0 Å². The molecule has 4 nitrogen and oxygen atoms in total. The summed E-state index contributed by atoms with van der Waals surface area (Å²) in [5.74, 6) is -0.0424. The Morgan fingerprint density at radius 1 is 1.24 bits per heavy atom. The van der Waals surface area contributed by atoms with Gasteiger partial charge < -0.3 is 10.1 Å². The largest absolute Gasteiger partial charge is 0.482 e. The van der Waals surface area contributed by atoms with Gasteiger partial charge in [0.1, 0.15) is 11.8 Å². The molecule has 106 valence electrons. The summed E-state index contributed by atoms with van der Waals surface area (Å²) in [5.41, 5.74) is 0.775. The van der Waals surface area contributed by atoms with Crippen LogP contribution in [0.5, 0.6) is 5.75 Å². The number of ether oxygens (including phenoxy) is 1. The molecular weight excluding hydrogens is 311 g/mol. The Hall–Kier alpha value is -2.22. The van der Waals surface area contributed by atoms with Crippen LogP contribution in [0.25, 0.3) is 0 Å². The van der Waals surface area contributed by atoms with Crippen LogP contribution >= 0.6 is 23.2 Å². The van der Waals surface area contributed by atoms with E-state index in [-0.39, 0.29) is 6.61 Å². The third-order valence-corrected chi connectivity index (χ3v) is 3.13. The van der Waals surface area contributed by atoms with Crippen molar-refractivity contribution in [3.8, 4) is 11.8 Å². The zero-order valence-corrected chi connectivity index (χ0v) is 12.3. The van der Waals surface area contributed by atoms with Crippen LogP contribution < -0.4 is 10.1 Å². The van der Waals surface area contributed by atoms with E-state index >= 15 is 0 Å². The van der Waals surface area contributed by atoms with Crippen molar-refractivity contribution in [1.82, 2.24) is 0 Å². The van der Waals surface area contributed by atoms with Crippen LogP contribution in [0.2, 0.25) is 10.0 Å². The molecule has 1 amide bonds. The topological polar surface area (TPSA) is 62.1 Å². The van der Waals surface area contributed by atoms with Crippen molar-refractivity contribution in [2.24, 2.45) is 0 Å². The highest BCUT2D eigenvalue weighted by atomic mass is 35.5. The summed E-state index contributed by atoms with van der Waals surface area (Å²) in [4.78, 5) is 11.8. The first-order valence-corrected chi connectivity index (χ1v) is 6.72. The van der Waals surface area contributed by atoms with E-state index in [9.17, 15) is 4.79 Å². The number of anilines is 1. The molecular formula is C15H10Cl2N2O2. The van der Waals surface area contributed by atoms with Crippen molar-refractivity contribution in [1.29, 1.82) is 5.26 Å². The third kappa shape index (κ3) is 4.12. The molecule has 0 heterocycles. The lowest BCUT2D eigenvalue weighted by atomic mass is 10.2. The smallest absolute Gasteiger partial charge is 0.262 e. The van der Waals surface area contributed by atoms with Crippen LogP contribution in [-0.4, -0.2) is 12.5 Å². The fourth-order valence-electron chi connectivity index (χ4n) is 1.61. The standard InChI is InChI=1S/C15H10Cl2N2O2/c16-11-5-6-12(17)13(7-11)19-15(20)9-21-14-4-2-1-3-10(14)8-18/h1-7H,9H2,(H,19,20). The van der Waals surface area contributed by atoms with Gasteiger partial charge in [-0.2, -0.15) is 5.26 Å². The number of carbonyl (C=O) groups is 1. The van der Waals surface area contributed by atoms with Crippen LogP contribution in [0.3, 0.4) is 0 Å². The molecule has 0 spiro atoms. The molecule has 0 bridgehead atoms. The molecule has 0 aliphatic carbocycles. The highest BCUT2D eigenvalue weighted by molar-refractivity contribution is 6.35. The Morgan fingerprint density at radius 2 is 2.00 bits per heavy atom. The molecule has 0 unspecified atom stereocenters. The van der Waals surface area contributed by atoms with E-state index in [0.29, 0.717) is 27.0 Å². The van der Waals surface area contributed by atoms with Gasteiger partial charge in [-0.1, -0.05) is 35.3 Å². The molecule has 0 radical (unpaired) electrons. The average Bonchev–Trinajstić information content (AvgIpc) is 2.49. The first-order chi connectivity index (χ1) is 10.1. The van der Waals surface area contributed by atoms with Crippen molar-refractivity contribution >= 4 is 34.8 Å². The number of rotatable bonds is 4. The SMILES string of the molecule is N#Cc1ccccc1OCC(=O)Nc1cc(Cl)ccc1Cl. The minimum Gasteiger partial charge on any atom is -0.482 e. The molecule has 2 rings (SSSR count). The number of nitrogens with one attached hydrogen (secondary N) is 1. The van der Waals surface area contributed by atoms with Gasteiger partial charge in [0.15, 0.2) is 6.61 Å². The molecule has 0 saturated heterocycles. The molecule has 2 aromatic rings. The Morgan fingerprint density at radius 3 is 2.76 bits per heavy atom. The Kier molecular flexibility index (Phi) is 5.04. The van der Waals surface area contributed by atoms with Gasteiger partial charge in [0.25, 0.3) is 5.91 Å². The lowest BCUT2D eigenvalue weighted by molar-refractivity contribution is -0.118. The zero-order valence-electron chi connectivity index (χ0n) is 10.8. The number of benzene rings is 2. The summed E-state index contributed by atoms with van der Waals surface area (Å²) in [5, 5.41) is 12.4. The Labute approximate surface area is 131 Å². The Bertz CT molecular complexity index is 711. The number of halogens is 2. The first kappa shape index (κ1) is 15.2. The maximum absolute atomic E-state index is 11.8. The fraction of sp³-hybridized carbons (Fsp3) is 0.0667. The number of nitriles is 1. The van der Waals surface area contributed by atoms with Crippen LogP contribution in [0, 0.1) is 11.3 Å². The number of hydrogen-bond donors (Lipinski definition) is 1. The molecule has 2 aromatic carbocycles. The fourth-order valence-corrected chi connectivity index (χ4v) is 1.94. The predicted molar refractivity (Wildman–Crippen MR) is 81.7 cm³/mol. The highest BCUT2D eigenvalue weighted by Crippen LogP contribution is 2.25. The van der Waals surface area contributed by atoms with Gasteiger partial charge in [-0.15, -0.1) is 0 Å². The van der Waals surface area contributed by atoms with Crippen LogP contribution in [0.15, 0.2) is 42.5 Å². The molecule has 0 saturated carbocycles. The summed E-state index contributed by atoms with van der Waals surface area (Å²) in [6.07, 6.45) is 0. The van der Waals surface area contributed by atoms with Crippen LogP contribution in [-0.2, 0) is 4.79 Å². The number of amides is 1. The molecule has 6 heteroatoms. The lowest BCUT2D eigenvalue weighted by Gasteiger charge is -2.09. The zero-order chi connectivity index (χ0) is 15.2. The minimum atomic E-state index is -0.396. The molecule has 1 N–H and O–H groups in total. The van der Waals surface area contributed by atoms with Crippen molar-refractivity contribution in [2.75, 3.05) is 11.9 Å². The van der Waals surface area contributed by atoms with Gasteiger partial charge >= 0.3 is 0 Å². The predicted octanol–water partition coefficient (Wildman–Crippen LogP) is 3.88. The van der Waals surface area contributed by atoms with Gasteiger partial charge in [0.2, 0.25) is 0 Å². The summed E-state index contributed by atoms with van der Waals surface area (Å²) in [6.45, 7) is -0.235. The lowest BCUT2D eigenvalue weighted by Crippen LogP contribution is -2.20. The summed E-state index contributed by atoms with van der Waals surface area (Å²) < 4.78 is 5.32. The first-order valence-electron chi connectivity index (χ1n) is 5.97. The monoisotopic (exact) mass is 320 g/mol. The maximum atomic E-state index is 11.8. The van der Waals surface area contributed by atoms with Crippen molar-refractivity contribution in [3.05, 3.63) is 58.1 Å². The van der Waals surface area contributed by atoms with Gasteiger partial charge in [0.05, 0.1) is 16.3 Å². The Balaban J connectivity index is 2.00. The molecule has 0 atom stereocenters. The van der Waals surface area contributed by atoms with Gasteiger partial charge in [-0.25, -0.2) is 0 Å². The molecule has 0 aliphatic rings. The van der Waals surface area contributed by atoms with E-state index < -0.39 is 5.91 Å². The minimum absolute atomic E-state index is 0.235. The van der Waals surface area contributed by atoms with E-state index in [0.717, 1.165) is 0 Å². The van der Waals surface area contributed by atoms with Crippen molar-refractivity contribution in [2.45, 2.75) is 0 Å². The van der Waals surface area contributed by atoms with Crippen LogP contribution in [0.1, 0.15) is 5.56 Å². The third-order valence-electron chi connectivity index (χ3n) is 2.57. The van der Waals surface area contributed by atoms with Gasteiger partial charge in [-0.05, 0) is 30.3 Å². The summed E-state index contributed by atoms with van der Waals surface area (Å²) >= 11 is 11.8. The molecule has 0 aliphatic heterocycles. The van der Waals surface area contributed by atoms with Crippen molar-refractivity contribution < 1.29 is 9.53 Å². The number of carbonyl (C=O) groups excluding carboxylic acids is 1. The number of para-hydroxylation sites is 1. The maximum Gasteiger partial charge on any atom is 0.262 e. The van der Waals surface area contributed by atoms with E-state index in [1.807, 2.05) is 6.07 Å². The van der Waals surface area contributed by atoms with E-state index in [2.05, 4.69) is 5.32 Å². The number of hydrogen-bond acceptors (Lipinski definition) is 3. The van der Waals surface area contributed by atoms with Gasteiger partial charge in [0, 0.05) is 5.02 Å². The summed E-state index contributed by atoms with van der Waals surface area (Å²) in [7, 11) is 0. The van der Waals surface area contributed by atoms with Gasteiger partial charge in [-0.3, -0.25) is 4.79 Å². The molecule has 0 aromatic heterocycles. The molecule has 0 fully saturated rings. The highest BCUT2D eigenvalue weighted by Gasteiger charge is 2.09. The van der Waals surface area contributed by atoms with E-state index in [4.69, 9.17) is 33.2 Å². The number of nitrogens with zero attached hydrogens (tertiary/aromatic N) is 1. The normalized spacial score (nSPS) is 9.76. The second-order valence-electron chi connectivity index (χ2n) is 4.07. The molecule has 21 heavy (non-hydrogen) atoms. The average molecular weight is 321 g/mol. The second-order valence-corrected chi connectivity index (χ2v) is 4.91. The quantitative estimate of drug-likeness (QED) is 0.929. The second kappa shape index (κ2) is 6.98.